The number of hydrogen-bond donors (Lipinski definition) is 2. The fraction of sp³-hybridized carbons (Fsp3) is 0.118. The molecule has 0 atom stereocenters. The Hall–Kier alpha value is -1.91. The van der Waals surface area contributed by atoms with Crippen LogP contribution in [0.3, 0.4) is 0 Å². The predicted octanol–water partition coefficient (Wildman–Crippen LogP) is 3.64. The molecule has 0 saturated carbocycles. The average Bonchev–Trinajstić information content (AvgIpc) is 2.48. The SMILES string of the molecule is O=C(C=Cc1cccc(Br)c1)Nc1ccc(CCO)cc1. The van der Waals surface area contributed by atoms with E-state index in [9.17, 15) is 4.79 Å². The van der Waals surface area contributed by atoms with Crippen LogP contribution in [0.15, 0.2) is 59.1 Å². The normalized spacial score (nSPS) is 10.8. The standard InChI is InChI=1S/C17H16BrNO2/c18-15-3-1-2-14(12-15)6-9-17(21)19-16-7-4-13(5-8-16)10-11-20/h1-9,12,20H,10-11H2,(H,19,21). The van der Waals surface area contributed by atoms with E-state index in [2.05, 4.69) is 21.2 Å². The molecule has 3 nitrogen and oxygen atoms in total. The number of rotatable bonds is 5. The molecule has 2 N–H and O–H groups in total. The van der Waals surface area contributed by atoms with E-state index < -0.39 is 0 Å². The second-order valence-corrected chi connectivity index (χ2v) is 5.46. The van der Waals surface area contributed by atoms with E-state index >= 15 is 0 Å². The van der Waals surface area contributed by atoms with Gasteiger partial charge in [0, 0.05) is 22.8 Å². The van der Waals surface area contributed by atoms with Gasteiger partial charge in [-0.2, -0.15) is 0 Å². The van der Waals surface area contributed by atoms with E-state index in [0.29, 0.717) is 6.42 Å². The molecular formula is C17H16BrNO2. The van der Waals surface area contributed by atoms with E-state index in [4.69, 9.17) is 5.11 Å². The predicted molar refractivity (Wildman–Crippen MR) is 89.0 cm³/mol. The van der Waals surface area contributed by atoms with Crippen LogP contribution in [0.4, 0.5) is 5.69 Å². The maximum Gasteiger partial charge on any atom is 0.248 e. The van der Waals surface area contributed by atoms with E-state index in [1.807, 2.05) is 48.5 Å². The molecule has 0 radical (unpaired) electrons. The van der Waals surface area contributed by atoms with Gasteiger partial charge in [-0.25, -0.2) is 0 Å². The van der Waals surface area contributed by atoms with Gasteiger partial charge in [0.15, 0.2) is 0 Å². The highest BCUT2D eigenvalue weighted by Gasteiger charge is 1.98. The Morgan fingerprint density at radius 1 is 1.19 bits per heavy atom. The Balaban J connectivity index is 1.95. The molecule has 0 aromatic heterocycles. The summed E-state index contributed by atoms with van der Waals surface area (Å²) in [6.07, 6.45) is 3.89. The first-order valence-corrected chi connectivity index (χ1v) is 7.41. The van der Waals surface area contributed by atoms with Crippen molar-refractivity contribution in [3.05, 3.63) is 70.2 Å². The Labute approximate surface area is 132 Å². The number of benzene rings is 2. The van der Waals surface area contributed by atoms with Crippen molar-refractivity contribution in [2.45, 2.75) is 6.42 Å². The fourth-order valence-electron chi connectivity index (χ4n) is 1.85. The zero-order valence-electron chi connectivity index (χ0n) is 11.4. The summed E-state index contributed by atoms with van der Waals surface area (Å²) >= 11 is 3.39. The van der Waals surface area contributed by atoms with E-state index in [-0.39, 0.29) is 12.5 Å². The summed E-state index contributed by atoms with van der Waals surface area (Å²) in [7, 11) is 0. The number of carbonyl (C=O) groups excluding carboxylic acids is 1. The average molecular weight is 346 g/mol. The Kier molecular flexibility index (Phi) is 5.72. The molecule has 0 aliphatic heterocycles. The molecule has 1 amide bonds. The quantitative estimate of drug-likeness (QED) is 0.813. The minimum Gasteiger partial charge on any atom is -0.396 e. The minimum absolute atomic E-state index is 0.126. The molecule has 0 unspecified atom stereocenters. The van der Waals surface area contributed by atoms with Gasteiger partial charge in [0.1, 0.15) is 0 Å². The Morgan fingerprint density at radius 3 is 2.62 bits per heavy atom. The third-order valence-corrected chi connectivity index (χ3v) is 3.39. The third-order valence-electron chi connectivity index (χ3n) is 2.90. The first-order valence-electron chi connectivity index (χ1n) is 6.62. The first-order chi connectivity index (χ1) is 10.2. The summed E-state index contributed by atoms with van der Waals surface area (Å²) in [5.41, 5.74) is 2.73. The smallest absolute Gasteiger partial charge is 0.248 e. The zero-order chi connectivity index (χ0) is 15.1. The second-order valence-electron chi connectivity index (χ2n) is 4.55. The molecule has 0 fully saturated rings. The number of amides is 1. The summed E-state index contributed by atoms with van der Waals surface area (Å²) in [5.74, 6) is -0.176. The number of nitrogens with one attached hydrogen (secondary N) is 1. The molecule has 0 spiro atoms. The van der Waals surface area contributed by atoms with Gasteiger partial charge in [0.2, 0.25) is 5.91 Å². The van der Waals surface area contributed by atoms with Crippen molar-refractivity contribution in [3.8, 4) is 0 Å². The van der Waals surface area contributed by atoms with Gasteiger partial charge in [-0.3, -0.25) is 4.79 Å². The van der Waals surface area contributed by atoms with Crippen LogP contribution in [0.25, 0.3) is 6.08 Å². The van der Waals surface area contributed by atoms with Crippen LogP contribution in [0.2, 0.25) is 0 Å². The summed E-state index contributed by atoms with van der Waals surface area (Å²) in [5, 5.41) is 11.6. The molecule has 0 heterocycles. The van der Waals surface area contributed by atoms with E-state index in [1.54, 1.807) is 6.08 Å². The van der Waals surface area contributed by atoms with Crippen molar-refractivity contribution in [2.75, 3.05) is 11.9 Å². The summed E-state index contributed by atoms with van der Waals surface area (Å²) in [6.45, 7) is 0.126. The number of anilines is 1. The van der Waals surface area contributed by atoms with Crippen LogP contribution in [0, 0.1) is 0 Å². The maximum atomic E-state index is 11.8. The van der Waals surface area contributed by atoms with Gasteiger partial charge < -0.3 is 10.4 Å². The zero-order valence-corrected chi connectivity index (χ0v) is 13.0. The molecule has 2 aromatic rings. The highest BCUT2D eigenvalue weighted by Crippen LogP contribution is 2.13. The molecule has 0 aliphatic rings. The molecular weight excluding hydrogens is 330 g/mol. The molecule has 4 heteroatoms. The van der Waals surface area contributed by atoms with Crippen molar-refractivity contribution in [2.24, 2.45) is 0 Å². The van der Waals surface area contributed by atoms with Crippen molar-refractivity contribution in [3.63, 3.8) is 0 Å². The highest BCUT2D eigenvalue weighted by atomic mass is 79.9. The maximum absolute atomic E-state index is 11.8. The third kappa shape index (κ3) is 5.17. The van der Waals surface area contributed by atoms with E-state index in [0.717, 1.165) is 21.3 Å². The van der Waals surface area contributed by atoms with Crippen molar-refractivity contribution in [1.29, 1.82) is 0 Å². The summed E-state index contributed by atoms with van der Waals surface area (Å²) in [4.78, 5) is 11.8. The number of carbonyl (C=O) groups is 1. The topological polar surface area (TPSA) is 49.3 Å². The summed E-state index contributed by atoms with van der Waals surface area (Å²) in [6, 6.07) is 15.2. The molecule has 2 aromatic carbocycles. The number of halogens is 1. The largest absolute Gasteiger partial charge is 0.396 e. The van der Waals surface area contributed by atoms with Gasteiger partial charge in [-0.05, 0) is 47.9 Å². The fourth-order valence-corrected chi connectivity index (χ4v) is 2.27. The van der Waals surface area contributed by atoms with Crippen molar-refractivity contribution in [1.82, 2.24) is 0 Å². The van der Waals surface area contributed by atoms with Gasteiger partial charge in [0.25, 0.3) is 0 Å². The molecule has 0 saturated heterocycles. The van der Waals surface area contributed by atoms with Crippen LogP contribution in [0.1, 0.15) is 11.1 Å². The van der Waals surface area contributed by atoms with Gasteiger partial charge in [0.05, 0.1) is 0 Å². The van der Waals surface area contributed by atoms with Crippen LogP contribution < -0.4 is 5.32 Å². The van der Waals surface area contributed by atoms with Crippen LogP contribution in [-0.4, -0.2) is 17.6 Å². The molecule has 108 valence electrons. The Morgan fingerprint density at radius 2 is 1.95 bits per heavy atom. The number of hydrogen-bond acceptors (Lipinski definition) is 2. The van der Waals surface area contributed by atoms with Crippen molar-refractivity contribution >= 4 is 33.6 Å². The second kappa shape index (κ2) is 7.76. The molecule has 0 bridgehead atoms. The Bertz CT molecular complexity index is 635. The highest BCUT2D eigenvalue weighted by molar-refractivity contribution is 9.10. The van der Waals surface area contributed by atoms with Crippen molar-refractivity contribution < 1.29 is 9.90 Å². The molecule has 0 aliphatic carbocycles. The van der Waals surface area contributed by atoms with Gasteiger partial charge >= 0.3 is 0 Å². The van der Waals surface area contributed by atoms with E-state index in [1.165, 1.54) is 6.08 Å². The number of aliphatic hydroxyl groups excluding tert-OH is 1. The monoisotopic (exact) mass is 345 g/mol. The molecule has 21 heavy (non-hydrogen) atoms. The number of aliphatic hydroxyl groups is 1. The lowest BCUT2D eigenvalue weighted by atomic mass is 10.1. The van der Waals surface area contributed by atoms with Gasteiger partial charge in [-0.1, -0.05) is 40.2 Å². The molecule has 2 rings (SSSR count). The lowest BCUT2D eigenvalue weighted by molar-refractivity contribution is -0.111. The lowest BCUT2D eigenvalue weighted by Crippen LogP contribution is -2.07. The van der Waals surface area contributed by atoms with Gasteiger partial charge in [-0.15, -0.1) is 0 Å². The minimum atomic E-state index is -0.176. The lowest BCUT2D eigenvalue weighted by Gasteiger charge is -2.03. The van der Waals surface area contributed by atoms with Crippen LogP contribution in [0.5, 0.6) is 0 Å². The first kappa shape index (κ1) is 15.5. The summed E-state index contributed by atoms with van der Waals surface area (Å²) < 4.78 is 0.976. The van der Waals surface area contributed by atoms with Crippen LogP contribution in [-0.2, 0) is 11.2 Å². The van der Waals surface area contributed by atoms with Crippen LogP contribution >= 0.6 is 15.9 Å².